The third kappa shape index (κ3) is 3.57. The molecule has 3 aromatic rings. The van der Waals surface area contributed by atoms with Gasteiger partial charge in [0.1, 0.15) is 11.5 Å². The molecule has 1 fully saturated rings. The van der Waals surface area contributed by atoms with Crippen LogP contribution in [0.1, 0.15) is 21.9 Å². The number of imide groups is 1. The summed E-state index contributed by atoms with van der Waals surface area (Å²) in [7, 11) is 2.85. The van der Waals surface area contributed by atoms with E-state index in [2.05, 4.69) is 4.74 Å². The lowest BCUT2D eigenvalue weighted by Crippen LogP contribution is -2.27. The van der Waals surface area contributed by atoms with Crippen LogP contribution in [0.25, 0.3) is 16.8 Å². The molecule has 4 rings (SSSR count). The molecule has 0 radical (unpaired) electrons. The second kappa shape index (κ2) is 8.08. The van der Waals surface area contributed by atoms with Crippen molar-refractivity contribution in [2.24, 2.45) is 0 Å². The van der Waals surface area contributed by atoms with E-state index in [0.717, 1.165) is 38.7 Å². The van der Waals surface area contributed by atoms with Crippen LogP contribution in [0, 0.1) is 0 Å². The Bertz CT molecular complexity index is 1200. The van der Waals surface area contributed by atoms with Gasteiger partial charge in [-0.3, -0.25) is 14.5 Å². The van der Waals surface area contributed by atoms with Gasteiger partial charge < -0.3 is 13.9 Å². The number of fused-ring (bicyclic) bond motifs is 1. The first kappa shape index (κ1) is 19.8. The van der Waals surface area contributed by atoms with Crippen LogP contribution in [0.2, 0.25) is 0 Å². The summed E-state index contributed by atoms with van der Waals surface area (Å²) in [5.41, 5.74) is 0.808. The van der Waals surface area contributed by atoms with Gasteiger partial charge in [-0.25, -0.2) is 4.79 Å². The third-order valence-electron chi connectivity index (χ3n) is 4.66. The summed E-state index contributed by atoms with van der Waals surface area (Å²) < 4.78 is 15.4. The van der Waals surface area contributed by atoms with E-state index in [-0.39, 0.29) is 12.3 Å². The van der Waals surface area contributed by atoms with Gasteiger partial charge in [0, 0.05) is 5.39 Å². The minimum absolute atomic E-state index is 0.0136. The Kier molecular flexibility index (Phi) is 5.33. The van der Waals surface area contributed by atoms with E-state index in [1.165, 1.54) is 19.2 Å². The Morgan fingerprint density at radius 2 is 1.83 bits per heavy atom. The third-order valence-corrected chi connectivity index (χ3v) is 5.57. The maximum atomic E-state index is 12.8. The first-order chi connectivity index (χ1) is 14.5. The van der Waals surface area contributed by atoms with Crippen molar-refractivity contribution in [3.63, 3.8) is 0 Å². The lowest BCUT2D eigenvalue weighted by molar-refractivity contribution is -0.123. The first-order valence-corrected chi connectivity index (χ1v) is 9.81. The molecular formula is C22H17NO6S. The number of hydrogen-bond acceptors (Lipinski definition) is 7. The predicted octanol–water partition coefficient (Wildman–Crippen LogP) is 4.46. The zero-order valence-corrected chi connectivity index (χ0v) is 17.0. The van der Waals surface area contributed by atoms with Crippen molar-refractivity contribution >= 4 is 45.7 Å². The fraction of sp³-hybridized carbons (Fsp3) is 0.136. The van der Waals surface area contributed by atoms with Crippen LogP contribution < -0.4 is 4.74 Å². The highest BCUT2D eigenvalue weighted by Gasteiger charge is 2.36. The van der Waals surface area contributed by atoms with E-state index >= 15 is 0 Å². The predicted molar refractivity (Wildman–Crippen MR) is 112 cm³/mol. The molecule has 7 nitrogen and oxygen atoms in total. The van der Waals surface area contributed by atoms with Crippen LogP contribution in [-0.2, 0) is 16.1 Å². The van der Waals surface area contributed by atoms with Gasteiger partial charge in [0.2, 0.25) is 5.76 Å². The molecule has 1 saturated heterocycles. The number of ether oxygens (including phenoxy) is 2. The molecule has 0 saturated carbocycles. The van der Waals surface area contributed by atoms with Gasteiger partial charge in [-0.15, -0.1) is 0 Å². The molecule has 8 heteroatoms. The molecule has 0 spiro atoms. The van der Waals surface area contributed by atoms with Gasteiger partial charge in [0.25, 0.3) is 11.1 Å². The molecule has 0 N–H and O–H groups in total. The highest BCUT2D eigenvalue weighted by molar-refractivity contribution is 8.18. The van der Waals surface area contributed by atoms with Gasteiger partial charge in [-0.1, -0.05) is 30.3 Å². The normalized spacial score (nSPS) is 15.3. The second-order valence-electron chi connectivity index (χ2n) is 6.43. The Hall–Kier alpha value is -3.52. The van der Waals surface area contributed by atoms with Crippen molar-refractivity contribution < 1.29 is 28.3 Å². The molecule has 2 heterocycles. The average molecular weight is 423 g/mol. The van der Waals surface area contributed by atoms with Gasteiger partial charge >= 0.3 is 5.97 Å². The number of hydrogen-bond donors (Lipinski definition) is 0. The Balaban J connectivity index is 1.62. The standard InChI is InChI=1S/C22H17NO6S/c1-27-17-9-7-13(15-5-3-4-6-16(15)17)11-19-20(24)23(22(26)30-19)12-14-8-10-18(29-14)21(25)28-2/h3-11H,12H2,1-2H3. The van der Waals surface area contributed by atoms with Gasteiger partial charge in [-0.05, 0) is 47.0 Å². The van der Waals surface area contributed by atoms with Gasteiger partial charge in [-0.2, -0.15) is 0 Å². The van der Waals surface area contributed by atoms with E-state index in [1.54, 1.807) is 13.2 Å². The Morgan fingerprint density at radius 1 is 1.07 bits per heavy atom. The van der Waals surface area contributed by atoms with E-state index < -0.39 is 17.1 Å². The van der Waals surface area contributed by atoms with Gasteiger partial charge in [0.15, 0.2) is 0 Å². The van der Waals surface area contributed by atoms with E-state index in [4.69, 9.17) is 9.15 Å². The van der Waals surface area contributed by atoms with Gasteiger partial charge in [0.05, 0.1) is 25.7 Å². The molecule has 0 bridgehead atoms. The van der Waals surface area contributed by atoms with Crippen LogP contribution in [-0.4, -0.2) is 36.2 Å². The fourth-order valence-electron chi connectivity index (χ4n) is 3.21. The molecule has 0 unspecified atom stereocenters. The highest BCUT2D eigenvalue weighted by Crippen LogP contribution is 2.36. The van der Waals surface area contributed by atoms with Crippen molar-refractivity contribution in [3.8, 4) is 5.75 Å². The molecule has 0 atom stereocenters. The number of rotatable bonds is 5. The fourth-order valence-corrected chi connectivity index (χ4v) is 4.03. The number of furan rings is 1. The molecule has 30 heavy (non-hydrogen) atoms. The van der Waals surface area contributed by atoms with Crippen LogP contribution in [0.4, 0.5) is 4.79 Å². The van der Waals surface area contributed by atoms with E-state index in [0.29, 0.717) is 10.7 Å². The lowest BCUT2D eigenvalue weighted by Gasteiger charge is -2.10. The molecule has 1 aromatic heterocycles. The van der Waals surface area contributed by atoms with Crippen LogP contribution >= 0.6 is 11.8 Å². The minimum Gasteiger partial charge on any atom is -0.496 e. The zero-order chi connectivity index (χ0) is 21.3. The maximum absolute atomic E-state index is 12.8. The largest absolute Gasteiger partial charge is 0.496 e. The highest BCUT2D eigenvalue weighted by atomic mass is 32.2. The summed E-state index contributed by atoms with van der Waals surface area (Å²) in [4.78, 5) is 38.2. The van der Waals surface area contributed by atoms with Crippen molar-refractivity contribution in [1.82, 2.24) is 4.90 Å². The average Bonchev–Trinajstić information content (AvgIpc) is 3.34. The topological polar surface area (TPSA) is 86.0 Å². The van der Waals surface area contributed by atoms with Crippen LogP contribution in [0.3, 0.4) is 0 Å². The van der Waals surface area contributed by atoms with Crippen molar-refractivity contribution in [2.45, 2.75) is 6.54 Å². The summed E-state index contributed by atoms with van der Waals surface area (Å²) >= 11 is 0.866. The minimum atomic E-state index is -0.623. The number of benzene rings is 2. The lowest BCUT2D eigenvalue weighted by atomic mass is 10.0. The van der Waals surface area contributed by atoms with Crippen LogP contribution in [0.5, 0.6) is 5.75 Å². The maximum Gasteiger partial charge on any atom is 0.373 e. The first-order valence-electron chi connectivity index (χ1n) is 9.00. The molecule has 152 valence electrons. The second-order valence-corrected chi connectivity index (χ2v) is 7.42. The molecule has 0 aliphatic carbocycles. The Labute approximate surface area is 176 Å². The summed E-state index contributed by atoms with van der Waals surface area (Å²) in [5.74, 6) is 0.0197. The summed E-state index contributed by atoms with van der Waals surface area (Å²) in [6, 6.07) is 14.4. The number of esters is 1. The van der Waals surface area contributed by atoms with E-state index in [9.17, 15) is 14.4 Å². The monoisotopic (exact) mass is 423 g/mol. The Morgan fingerprint density at radius 3 is 2.57 bits per heavy atom. The number of carbonyl (C=O) groups is 3. The summed E-state index contributed by atoms with van der Waals surface area (Å²) in [6.45, 7) is -0.0671. The molecule has 2 amide bonds. The number of nitrogens with zero attached hydrogens (tertiary/aromatic N) is 1. The van der Waals surface area contributed by atoms with Crippen molar-refractivity contribution in [1.29, 1.82) is 0 Å². The van der Waals surface area contributed by atoms with Crippen LogP contribution in [0.15, 0.2) is 57.9 Å². The number of methoxy groups -OCH3 is 2. The number of carbonyl (C=O) groups excluding carboxylic acids is 3. The van der Waals surface area contributed by atoms with Crippen molar-refractivity contribution in [2.75, 3.05) is 14.2 Å². The number of amides is 2. The molecule has 1 aliphatic heterocycles. The molecule has 1 aliphatic rings. The van der Waals surface area contributed by atoms with Crippen molar-refractivity contribution in [3.05, 3.63) is 70.5 Å². The summed E-state index contributed by atoms with van der Waals surface area (Å²) in [6.07, 6.45) is 1.70. The summed E-state index contributed by atoms with van der Waals surface area (Å²) in [5, 5.41) is 1.43. The molecular weight excluding hydrogens is 406 g/mol. The zero-order valence-electron chi connectivity index (χ0n) is 16.2. The van der Waals surface area contributed by atoms with E-state index in [1.807, 2.05) is 36.4 Å². The SMILES string of the molecule is COC(=O)c1ccc(CN2C(=O)SC(=Cc3ccc(OC)c4ccccc34)C2=O)o1. The quantitative estimate of drug-likeness (QED) is 0.442. The smallest absolute Gasteiger partial charge is 0.373 e. The number of thioether (sulfide) groups is 1. The molecule has 2 aromatic carbocycles.